The van der Waals surface area contributed by atoms with Crippen LogP contribution in [0.25, 0.3) is 0 Å². The Morgan fingerprint density at radius 2 is 1.59 bits per heavy atom. The van der Waals surface area contributed by atoms with Gasteiger partial charge in [-0.3, -0.25) is 9.59 Å². The molecule has 0 saturated carbocycles. The first kappa shape index (κ1) is 23.9. The molecule has 9 nitrogen and oxygen atoms in total. The first-order chi connectivity index (χ1) is 15.2. The highest BCUT2D eigenvalue weighted by Crippen LogP contribution is 2.30. The van der Waals surface area contributed by atoms with Crippen LogP contribution in [0.15, 0.2) is 53.4 Å². The van der Waals surface area contributed by atoms with Gasteiger partial charge in [-0.1, -0.05) is 17.7 Å². The number of methoxy groups -OCH3 is 3. The molecule has 1 fully saturated rings. The Morgan fingerprint density at radius 1 is 1.00 bits per heavy atom. The van der Waals surface area contributed by atoms with Crippen molar-refractivity contribution >= 4 is 27.5 Å². The third kappa shape index (κ3) is 4.68. The summed E-state index contributed by atoms with van der Waals surface area (Å²) in [5.41, 5.74) is 1.23. The normalized spacial score (nSPS) is 16.9. The van der Waals surface area contributed by atoms with E-state index in [0.29, 0.717) is 11.4 Å². The van der Waals surface area contributed by atoms with Crippen LogP contribution in [0, 0.1) is 6.92 Å². The minimum absolute atomic E-state index is 0.0113. The zero-order chi connectivity index (χ0) is 23.5. The van der Waals surface area contributed by atoms with Gasteiger partial charge in [-0.05, 0) is 43.3 Å². The minimum atomic E-state index is -4.14. The summed E-state index contributed by atoms with van der Waals surface area (Å²) < 4.78 is 43.5. The number of rotatable bonds is 9. The minimum Gasteiger partial charge on any atom is -0.497 e. The number of imide groups is 1. The Balaban J connectivity index is 1.99. The van der Waals surface area contributed by atoms with Crippen LogP contribution in [0.4, 0.5) is 5.69 Å². The van der Waals surface area contributed by atoms with E-state index in [1.165, 1.54) is 33.5 Å². The summed E-state index contributed by atoms with van der Waals surface area (Å²) in [6.07, 6.45) is -1.22. The smallest absolute Gasteiger partial charge is 0.252 e. The predicted molar refractivity (Wildman–Crippen MR) is 117 cm³/mol. The van der Waals surface area contributed by atoms with Crippen LogP contribution in [-0.4, -0.2) is 64.7 Å². The lowest BCUT2D eigenvalue weighted by molar-refractivity contribution is -0.125. The molecule has 2 aromatic carbocycles. The lowest BCUT2D eigenvalue weighted by atomic mass is 10.2. The van der Waals surface area contributed by atoms with Crippen molar-refractivity contribution in [2.45, 2.75) is 30.6 Å². The first-order valence-electron chi connectivity index (χ1n) is 9.88. The predicted octanol–water partition coefficient (Wildman–Crippen LogP) is 1.95. The van der Waals surface area contributed by atoms with Gasteiger partial charge in [0, 0.05) is 14.2 Å². The zero-order valence-electron chi connectivity index (χ0n) is 18.3. The Morgan fingerprint density at radius 3 is 2.12 bits per heavy atom. The summed E-state index contributed by atoms with van der Waals surface area (Å²) in [6, 6.07) is 11.4. The zero-order valence-corrected chi connectivity index (χ0v) is 19.2. The van der Waals surface area contributed by atoms with Crippen LogP contribution in [0.5, 0.6) is 5.75 Å². The fourth-order valence-electron chi connectivity index (χ4n) is 3.47. The van der Waals surface area contributed by atoms with E-state index >= 15 is 0 Å². The van der Waals surface area contributed by atoms with E-state index in [-0.39, 0.29) is 17.9 Å². The van der Waals surface area contributed by atoms with Crippen LogP contribution in [0.1, 0.15) is 12.0 Å². The largest absolute Gasteiger partial charge is 0.497 e. The highest BCUT2D eigenvalue weighted by molar-refractivity contribution is 7.89. The van der Waals surface area contributed by atoms with Gasteiger partial charge in [-0.15, -0.1) is 0 Å². The van der Waals surface area contributed by atoms with E-state index in [9.17, 15) is 18.0 Å². The molecule has 1 atom stereocenters. The van der Waals surface area contributed by atoms with Crippen molar-refractivity contribution < 1.29 is 32.2 Å². The average Bonchev–Trinajstić information content (AvgIpc) is 3.08. The molecule has 0 aromatic heterocycles. The number of aryl methyl sites for hydroxylation is 1. The highest BCUT2D eigenvalue weighted by Gasteiger charge is 2.47. The molecule has 3 rings (SSSR count). The number of benzene rings is 2. The number of amides is 2. The van der Waals surface area contributed by atoms with Crippen molar-refractivity contribution in [3.8, 4) is 5.75 Å². The van der Waals surface area contributed by atoms with E-state index in [1.54, 1.807) is 36.4 Å². The number of carbonyl (C=O) groups is 2. The molecule has 1 aliphatic heterocycles. The Labute approximate surface area is 187 Å². The van der Waals surface area contributed by atoms with E-state index < -0.39 is 34.2 Å². The van der Waals surface area contributed by atoms with Crippen molar-refractivity contribution in [3.05, 3.63) is 54.1 Å². The van der Waals surface area contributed by atoms with Gasteiger partial charge in [-0.25, -0.2) is 13.3 Å². The molecule has 1 saturated heterocycles. The number of anilines is 1. The summed E-state index contributed by atoms with van der Waals surface area (Å²) in [4.78, 5) is 27.1. The maximum absolute atomic E-state index is 13.5. The monoisotopic (exact) mass is 462 g/mol. The van der Waals surface area contributed by atoms with Gasteiger partial charge in [-0.2, -0.15) is 4.31 Å². The summed E-state index contributed by atoms with van der Waals surface area (Å²) in [5.74, 6) is -0.571. The average molecular weight is 463 g/mol. The Kier molecular flexibility index (Phi) is 7.29. The molecular weight excluding hydrogens is 436 g/mol. The van der Waals surface area contributed by atoms with Crippen LogP contribution in [-0.2, 0) is 29.1 Å². The van der Waals surface area contributed by atoms with E-state index in [2.05, 4.69) is 0 Å². The van der Waals surface area contributed by atoms with Crippen molar-refractivity contribution in [3.63, 3.8) is 0 Å². The molecule has 0 spiro atoms. The Bertz CT molecular complexity index is 1060. The van der Waals surface area contributed by atoms with Crippen LogP contribution in [0.3, 0.4) is 0 Å². The standard InChI is InChI=1S/C22H26N2O7S/c1-15-5-11-18(12-6-15)32(27,28)23(14-21(30-3)31-4)19-13-20(25)24(22(19)26)16-7-9-17(29-2)10-8-16/h5-12,19,21H,13-14H2,1-4H3. The summed E-state index contributed by atoms with van der Waals surface area (Å²) in [5, 5.41) is 0. The second kappa shape index (κ2) is 9.78. The topological polar surface area (TPSA) is 102 Å². The SMILES string of the molecule is COc1ccc(N2C(=O)CC(N(CC(OC)OC)S(=O)(=O)c3ccc(C)cc3)C2=O)cc1. The van der Waals surface area contributed by atoms with E-state index in [0.717, 1.165) is 14.8 Å². The van der Waals surface area contributed by atoms with Gasteiger partial charge in [0.25, 0.3) is 5.91 Å². The van der Waals surface area contributed by atoms with Crippen LogP contribution in [0.2, 0.25) is 0 Å². The number of sulfonamides is 1. The van der Waals surface area contributed by atoms with Crippen molar-refractivity contribution in [1.29, 1.82) is 0 Å². The lowest BCUT2D eigenvalue weighted by Crippen LogP contribution is -2.49. The van der Waals surface area contributed by atoms with E-state index in [4.69, 9.17) is 14.2 Å². The summed E-state index contributed by atoms with van der Waals surface area (Å²) in [7, 11) is 0.114. The fourth-order valence-corrected chi connectivity index (χ4v) is 5.04. The first-order valence-corrected chi connectivity index (χ1v) is 11.3. The van der Waals surface area contributed by atoms with Crippen molar-refractivity contribution in [2.75, 3.05) is 32.8 Å². The molecule has 32 heavy (non-hydrogen) atoms. The second-order valence-electron chi connectivity index (χ2n) is 7.27. The second-order valence-corrected chi connectivity index (χ2v) is 9.16. The number of carbonyl (C=O) groups excluding carboxylic acids is 2. The van der Waals surface area contributed by atoms with Gasteiger partial charge in [0.2, 0.25) is 15.9 Å². The molecule has 0 aliphatic carbocycles. The van der Waals surface area contributed by atoms with Gasteiger partial charge < -0.3 is 14.2 Å². The summed E-state index contributed by atoms with van der Waals surface area (Å²) in [6.45, 7) is 1.58. The quantitative estimate of drug-likeness (QED) is 0.415. The Hall–Kier alpha value is -2.79. The van der Waals surface area contributed by atoms with Gasteiger partial charge in [0.05, 0.1) is 30.7 Å². The molecule has 1 unspecified atom stereocenters. The maximum Gasteiger partial charge on any atom is 0.252 e. The van der Waals surface area contributed by atoms with Crippen molar-refractivity contribution in [1.82, 2.24) is 4.31 Å². The molecule has 1 heterocycles. The van der Waals surface area contributed by atoms with Gasteiger partial charge in [0.1, 0.15) is 11.8 Å². The third-order valence-corrected chi connectivity index (χ3v) is 7.17. The van der Waals surface area contributed by atoms with Gasteiger partial charge in [0.15, 0.2) is 6.29 Å². The van der Waals surface area contributed by atoms with Crippen molar-refractivity contribution in [2.24, 2.45) is 0 Å². The molecule has 0 radical (unpaired) electrons. The third-order valence-electron chi connectivity index (χ3n) is 5.28. The van der Waals surface area contributed by atoms with Crippen LogP contribution < -0.4 is 9.64 Å². The van der Waals surface area contributed by atoms with Gasteiger partial charge >= 0.3 is 0 Å². The molecule has 1 aliphatic rings. The molecule has 10 heteroatoms. The maximum atomic E-state index is 13.5. The fraction of sp³-hybridized carbons (Fsp3) is 0.364. The molecule has 2 amide bonds. The number of hydrogen-bond acceptors (Lipinski definition) is 7. The molecule has 172 valence electrons. The number of ether oxygens (including phenoxy) is 3. The summed E-state index contributed by atoms with van der Waals surface area (Å²) >= 11 is 0. The molecule has 2 aromatic rings. The molecule has 0 bridgehead atoms. The molecular formula is C22H26N2O7S. The highest BCUT2D eigenvalue weighted by atomic mass is 32.2. The number of nitrogens with zero attached hydrogens (tertiary/aromatic N) is 2. The van der Waals surface area contributed by atoms with Crippen LogP contribution >= 0.6 is 0 Å². The number of hydrogen-bond donors (Lipinski definition) is 0. The molecule has 0 N–H and O–H groups in total. The lowest BCUT2D eigenvalue weighted by Gasteiger charge is -2.29. The van der Waals surface area contributed by atoms with E-state index in [1.807, 2.05) is 6.92 Å².